The van der Waals surface area contributed by atoms with Gasteiger partial charge in [0.05, 0.1) is 0 Å². The molecule has 0 N–H and O–H groups in total. The van der Waals surface area contributed by atoms with Crippen LogP contribution in [-0.2, 0) is 0 Å². The van der Waals surface area contributed by atoms with E-state index < -0.39 is 12.3 Å². The molecular formula is C14H24F2S. The molecule has 0 aromatic carbocycles. The molecule has 0 aromatic heterocycles. The molecule has 0 amide bonds. The lowest BCUT2D eigenvalue weighted by Gasteiger charge is -2.44. The normalized spacial score (nSPS) is 48.0. The van der Waals surface area contributed by atoms with E-state index >= 15 is 0 Å². The Kier molecular flexibility index (Phi) is 4.06. The van der Waals surface area contributed by atoms with Crippen molar-refractivity contribution in [3.63, 3.8) is 0 Å². The molecule has 0 aliphatic heterocycles. The molecule has 0 unspecified atom stereocenters. The van der Waals surface area contributed by atoms with E-state index in [1.54, 1.807) is 0 Å². The van der Waals surface area contributed by atoms with E-state index in [2.05, 4.69) is 13.8 Å². The average molecular weight is 262 g/mol. The summed E-state index contributed by atoms with van der Waals surface area (Å²) in [5.41, 5.74) is 0. The molecule has 0 radical (unpaired) electrons. The minimum atomic E-state index is -0.585. The lowest BCUT2D eigenvalue weighted by molar-refractivity contribution is 0.218. The number of halogens is 2. The van der Waals surface area contributed by atoms with E-state index in [9.17, 15) is 8.78 Å². The second-order valence-electron chi connectivity index (χ2n) is 6.35. The van der Waals surface area contributed by atoms with Crippen LogP contribution in [-0.4, -0.2) is 21.8 Å². The molecule has 0 saturated heterocycles. The number of hydrogen-bond acceptors (Lipinski definition) is 1. The fourth-order valence-corrected chi connectivity index (χ4v) is 5.25. The predicted molar refractivity (Wildman–Crippen MR) is 71.1 cm³/mol. The van der Waals surface area contributed by atoms with Crippen molar-refractivity contribution in [2.75, 3.05) is 0 Å². The van der Waals surface area contributed by atoms with Crippen LogP contribution >= 0.6 is 11.8 Å². The largest absolute Gasteiger partial charge is 0.247 e. The smallest absolute Gasteiger partial charge is 0.100 e. The molecule has 17 heavy (non-hydrogen) atoms. The van der Waals surface area contributed by atoms with Gasteiger partial charge >= 0.3 is 0 Å². The first-order valence-electron chi connectivity index (χ1n) is 6.89. The Morgan fingerprint density at radius 3 is 1.35 bits per heavy atom. The molecule has 100 valence electrons. The standard InChI is InChI=1S/C14H24F2S/c1-13(7-3-11(15)4-8-13)17-14(2)9-5-12(16)6-10-14/h11-12H,3-10H2,1-2H3. The highest BCUT2D eigenvalue weighted by Gasteiger charge is 2.40. The van der Waals surface area contributed by atoms with Crippen molar-refractivity contribution in [1.29, 1.82) is 0 Å². The number of alkyl halides is 2. The van der Waals surface area contributed by atoms with Gasteiger partial charge in [-0.1, -0.05) is 13.8 Å². The van der Waals surface area contributed by atoms with Gasteiger partial charge in [0.25, 0.3) is 0 Å². The van der Waals surface area contributed by atoms with Crippen molar-refractivity contribution in [3.05, 3.63) is 0 Å². The van der Waals surface area contributed by atoms with Crippen LogP contribution in [0, 0.1) is 0 Å². The van der Waals surface area contributed by atoms with Crippen LogP contribution in [0.25, 0.3) is 0 Å². The molecule has 2 aliphatic rings. The number of thioether (sulfide) groups is 1. The van der Waals surface area contributed by atoms with E-state index in [0.717, 1.165) is 25.7 Å². The first-order chi connectivity index (χ1) is 7.91. The third-order valence-electron chi connectivity index (χ3n) is 4.44. The second kappa shape index (κ2) is 5.07. The van der Waals surface area contributed by atoms with Gasteiger partial charge in [0.15, 0.2) is 0 Å². The van der Waals surface area contributed by atoms with Crippen LogP contribution in [0.4, 0.5) is 8.78 Å². The lowest BCUT2D eigenvalue weighted by Crippen LogP contribution is -2.37. The maximum absolute atomic E-state index is 13.2. The van der Waals surface area contributed by atoms with Crippen LogP contribution in [0.1, 0.15) is 65.2 Å². The summed E-state index contributed by atoms with van der Waals surface area (Å²) in [6, 6.07) is 0. The summed E-state index contributed by atoms with van der Waals surface area (Å²) in [6.45, 7) is 4.55. The number of hydrogen-bond donors (Lipinski definition) is 0. The van der Waals surface area contributed by atoms with Gasteiger partial charge in [-0.3, -0.25) is 0 Å². The van der Waals surface area contributed by atoms with E-state index in [1.165, 1.54) is 0 Å². The molecule has 0 bridgehead atoms. The van der Waals surface area contributed by atoms with Gasteiger partial charge in [0.1, 0.15) is 12.3 Å². The van der Waals surface area contributed by atoms with Gasteiger partial charge < -0.3 is 0 Å². The molecule has 0 nitrogen and oxygen atoms in total. The predicted octanol–water partition coefficient (Wildman–Crippen LogP) is 5.06. The Morgan fingerprint density at radius 2 is 1.06 bits per heavy atom. The monoisotopic (exact) mass is 262 g/mol. The molecule has 0 atom stereocenters. The molecule has 0 aromatic rings. The third-order valence-corrected chi connectivity index (χ3v) is 6.24. The molecule has 2 rings (SSSR count). The molecule has 2 aliphatic carbocycles. The van der Waals surface area contributed by atoms with Crippen LogP contribution < -0.4 is 0 Å². The summed E-state index contributed by atoms with van der Waals surface area (Å²) in [6.07, 6.45) is 5.60. The van der Waals surface area contributed by atoms with Gasteiger partial charge in [0, 0.05) is 9.49 Å². The van der Waals surface area contributed by atoms with Crippen molar-refractivity contribution < 1.29 is 8.78 Å². The van der Waals surface area contributed by atoms with E-state index in [1.807, 2.05) is 11.8 Å². The topological polar surface area (TPSA) is 0 Å². The van der Waals surface area contributed by atoms with E-state index in [0.29, 0.717) is 25.7 Å². The lowest BCUT2D eigenvalue weighted by atomic mass is 9.88. The van der Waals surface area contributed by atoms with Crippen molar-refractivity contribution in [3.8, 4) is 0 Å². The zero-order chi connectivity index (χ0) is 12.5. The van der Waals surface area contributed by atoms with Crippen molar-refractivity contribution >= 4 is 11.8 Å². The average Bonchev–Trinajstić information content (AvgIpc) is 2.28. The van der Waals surface area contributed by atoms with Gasteiger partial charge in [-0.05, 0) is 51.4 Å². The Morgan fingerprint density at radius 1 is 0.765 bits per heavy atom. The highest BCUT2D eigenvalue weighted by Crippen LogP contribution is 2.51. The maximum atomic E-state index is 13.2. The highest BCUT2D eigenvalue weighted by atomic mass is 32.2. The van der Waals surface area contributed by atoms with Crippen molar-refractivity contribution in [2.24, 2.45) is 0 Å². The summed E-state index contributed by atoms with van der Waals surface area (Å²) < 4.78 is 26.8. The van der Waals surface area contributed by atoms with E-state index in [-0.39, 0.29) is 9.49 Å². The molecular weight excluding hydrogens is 238 g/mol. The van der Waals surface area contributed by atoms with Gasteiger partial charge in [-0.15, -0.1) is 11.8 Å². The maximum Gasteiger partial charge on any atom is 0.100 e. The Balaban J connectivity index is 1.91. The van der Waals surface area contributed by atoms with Gasteiger partial charge in [-0.25, -0.2) is 8.78 Å². The summed E-state index contributed by atoms with van der Waals surface area (Å²) in [4.78, 5) is 0. The first-order valence-corrected chi connectivity index (χ1v) is 7.71. The van der Waals surface area contributed by atoms with Crippen molar-refractivity contribution in [2.45, 2.75) is 87.1 Å². The molecule has 2 fully saturated rings. The molecule has 0 heterocycles. The summed E-state index contributed by atoms with van der Waals surface area (Å²) in [7, 11) is 0. The highest BCUT2D eigenvalue weighted by molar-refractivity contribution is 8.01. The van der Waals surface area contributed by atoms with Gasteiger partial charge in [-0.2, -0.15) is 0 Å². The van der Waals surface area contributed by atoms with Crippen molar-refractivity contribution in [1.82, 2.24) is 0 Å². The van der Waals surface area contributed by atoms with E-state index in [4.69, 9.17) is 0 Å². The summed E-state index contributed by atoms with van der Waals surface area (Å²) in [5.74, 6) is 0. The van der Waals surface area contributed by atoms with Crippen LogP contribution in [0.2, 0.25) is 0 Å². The summed E-state index contributed by atoms with van der Waals surface area (Å²) >= 11 is 2.02. The molecule has 3 heteroatoms. The van der Waals surface area contributed by atoms with Crippen LogP contribution in [0.3, 0.4) is 0 Å². The quantitative estimate of drug-likeness (QED) is 0.670. The zero-order valence-corrected chi connectivity index (χ0v) is 11.8. The first kappa shape index (κ1) is 13.6. The fraction of sp³-hybridized carbons (Fsp3) is 1.00. The second-order valence-corrected chi connectivity index (χ2v) is 8.53. The van der Waals surface area contributed by atoms with Crippen LogP contribution in [0.15, 0.2) is 0 Å². The Hall–Kier alpha value is 0.210. The van der Waals surface area contributed by atoms with Crippen LogP contribution in [0.5, 0.6) is 0 Å². The molecule has 2 saturated carbocycles. The third kappa shape index (κ3) is 3.59. The molecule has 0 spiro atoms. The zero-order valence-electron chi connectivity index (χ0n) is 11.0. The van der Waals surface area contributed by atoms with Gasteiger partial charge in [0.2, 0.25) is 0 Å². The fourth-order valence-electron chi connectivity index (χ4n) is 3.19. The number of rotatable bonds is 2. The summed E-state index contributed by atoms with van der Waals surface area (Å²) in [5, 5.41) is 0. The SMILES string of the molecule is CC1(SC2(C)CCC(F)CC2)CCC(F)CC1. The Bertz CT molecular complexity index is 225. The minimum absolute atomic E-state index is 0.223. The minimum Gasteiger partial charge on any atom is -0.247 e. The Labute approximate surface area is 108 Å².